The Labute approximate surface area is 163 Å². The number of nitrogens with zero attached hydrogens (tertiary/aromatic N) is 4. The molecule has 27 heavy (non-hydrogen) atoms. The van der Waals surface area contributed by atoms with Crippen LogP contribution in [-0.2, 0) is 11.8 Å². The number of anilines is 1. The molecule has 0 aliphatic carbocycles. The molecule has 1 fully saturated rings. The van der Waals surface area contributed by atoms with Crippen molar-refractivity contribution in [2.75, 3.05) is 31.2 Å². The van der Waals surface area contributed by atoms with Crippen LogP contribution in [0.15, 0.2) is 29.4 Å². The molecule has 1 aromatic heterocycles. The predicted molar refractivity (Wildman–Crippen MR) is 106 cm³/mol. The number of rotatable bonds is 6. The zero-order valence-electron chi connectivity index (χ0n) is 15.9. The van der Waals surface area contributed by atoms with E-state index in [9.17, 15) is 9.59 Å². The van der Waals surface area contributed by atoms with Crippen molar-refractivity contribution in [3.63, 3.8) is 0 Å². The molecule has 0 spiro atoms. The van der Waals surface area contributed by atoms with Crippen molar-refractivity contribution in [2.45, 2.75) is 30.8 Å². The van der Waals surface area contributed by atoms with Gasteiger partial charge in [-0.1, -0.05) is 11.8 Å². The number of hydrogen-bond acceptors (Lipinski definition) is 6. The Hall–Kier alpha value is -2.19. The summed E-state index contributed by atoms with van der Waals surface area (Å²) < 4.78 is 2.07. The van der Waals surface area contributed by atoms with Gasteiger partial charge < -0.3 is 9.88 Å². The van der Waals surface area contributed by atoms with Gasteiger partial charge in [-0.3, -0.25) is 14.5 Å². The van der Waals surface area contributed by atoms with Gasteiger partial charge in [-0.25, -0.2) is 0 Å². The molecule has 0 radical (unpaired) electrons. The van der Waals surface area contributed by atoms with E-state index < -0.39 is 0 Å². The number of hydrogen-bond donors (Lipinski definition) is 1. The van der Waals surface area contributed by atoms with E-state index in [4.69, 9.17) is 0 Å². The summed E-state index contributed by atoms with van der Waals surface area (Å²) in [6.45, 7) is 3.63. The van der Waals surface area contributed by atoms with Gasteiger partial charge in [-0.05, 0) is 63.4 Å². The van der Waals surface area contributed by atoms with Gasteiger partial charge in [-0.15, -0.1) is 10.2 Å². The smallest absolute Gasteiger partial charge is 0.238 e. The number of nitrogens with one attached hydrogen (secondary N) is 1. The van der Waals surface area contributed by atoms with E-state index in [-0.39, 0.29) is 11.7 Å². The molecule has 1 aliphatic heterocycles. The third kappa shape index (κ3) is 4.75. The summed E-state index contributed by atoms with van der Waals surface area (Å²) in [4.78, 5) is 25.8. The van der Waals surface area contributed by atoms with Crippen LogP contribution in [0.5, 0.6) is 0 Å². The lowest BCUT2D eigenvalue weighted by Crippen LogP contribution is -2.39. The summed E-state index contributed by atoms with van der Waals surface area (Å²) in [5.41, 5.74) is 1.35. The zero-order chi connectivity index (χ0) is 19.4. The fourth-order valence-corrected chi connectivity index (χ4v) is 3.89. The van der Waals surface area contributed by atoms with E-state index in [1.165, 1.54) is 6.92 Å². The maximum Gasteiger partial charge on any atom is 0.238 e. The fraction of sp³-hybridized carbons (Fsp3) is 0.474. The zero-order valence-corrected chi connectivity index (χ0v) is 16.8. The van der Waals surface area contributed by atoms with Crippen molar-refractivity contribution in [1.82, 2.24) is 19.7 Å². The fourth-order valence-electron chi connectivity index (χ4n) is 3.40. The Morgan fingerprint density at radius 2 is 1.85 bits per heavy atom. The second-order valence-electron chi connectivity index (χ2n) is 6.84. The maximum atomic E-state index is 12.3. The topological polar surface area (TPSA) is 80.1 Å². The summed E-state index contributed by atoms with van der Waals surface area (Å²) in [6.07, 6.45) is 3.95. The van der Waals surface area contributed by atoms with Crippen LogP contribution in [0, 0.1) is 0 Å². The highest BCUT2D eigenvalue weighted by Gasteiger charge is 2.26. The Balaban J connectivity index is 1.49. The first-order valence-electron chi connectivity index (χ1n) is 9.04. The van der Waals surface area contributed by atoms with E-state index in [1.54, 1.807) is 36.0 Å². The number of carbonyl (C=O) groups excluding carboxylic acids is 2. The van der Waals surface area contributed by atoms with Crippen LogP contribution < -0.4 is 5.32 Å². The predicted octanol–water partition coefficient (Wildman–Crippen LogP) is 2.56. The lowest BCUT2D eigenvalue weighted by Gasteiger charge is -2.30. The van der Waals surface area contributed by atoms with E-state index in [0.29, 0.717) is 23.7 Å². The van der Waals surface area contributed by atoms with Crippen molar-refractivity contribution >= 4 is 29.1 Å². The van der Waals surface area contributed by atoms with Gasteiger partial charge in [0.25, 0.3) is 0 Å². The van der Waals surface area contributed by atoms with E-state index in [1.807, 2.05) is 13.3 Å². The molecule has 8 heteroatoms. The third-order valence-electron chi connectivity index (χ3n) is 4.95. The number of Topliss-reactive ketones (excluding diaryl/α,β-unsaturated/α-hetero) is 1. The summed E-state index contributed by atoms with van der Waals surface area (Å²) in [5.74, 6) is 1.41. The lowest BCUT2D eigenvalue weighted by atomic mass is 9.96. The quantitative estimate of drug-likeness (QED) is 0.606. The average Bonchev–Trinajstić information content (AvgIpc) is 3.03. The Kier molecular flexibility index (Phi) is 6.28. The van der Waals surface area contributed by atoms with Crippen LogP contribution in [0.2, 0.25) is 0 Å². The van der Waals surface area contributed by atoms with Gasteiger partial charge in [0.05, 0.1) is 6.54 Å². The number of likely N-dealkylation sites (tertiary alicyclic amines) is 1. The molecule has 1 N–H and O–H groups in total. The monoisotopic (exact) mass is 387 g/mol. The SMILES string of the molecule is CSc1nnc(C2CCN(CC(=O)Nc3ccc(C(C)=O)cc3)CC2)n1C. The molecule has 0 atom stereocenters. The van der Waals surface area contributed by atoms with E-state index >= 15 is 0 Å². The molecule has 7 nitrogen and oxygen atoms in total. The second kappa shape index (κ2) is 8.67. The number of amides is 1. The average molecular weight is 388 g/mol. The van der Waals surface area contributed by atoms with Crippen LogP contribution in [0.3, 0.4) is 0 Å². The Morgan fingerprint density at radius 3 is 2.41 bits per heavy atom. The summed E-state index contributed by atoms with van der Waals surface area (Å²) >= 11 is 1.60. The van der Waals surface area contributed by atoms with Crippen LogP contribution in [0.25, 0.3) is 0 Å². The number of carbonyl (C=O) groups is 2. The van der Waals surface area contributed by atoms with Gasteiger partial charge in [0.15, 0.2) is 10.9 Å². The standard InChI is InChI=1S/C19H25N5O2S/c1-13(25)14-4-6-16(7-5-14)20-17(26)12-24-10-8-15(9-11-24)18-21-22-19(27-3)23(18)2/h4-7,15H,8-12H2,1-3H3,(H,20,26). The van der Waals surface area contributed by atoms with Crippen molar-refractivity contribution in [2.24, 2.45) is 7.05 Å². The van der Waals surface area contributed by atoms with Crippen LogP contribution in [0.1, 0.15) is 41.9 Å². The molecule has 1 aromatic carbocycles. The van der Waals surface area contributed by atoms with Gasteiger partial charge in [-0.2, -0.15) is 0 Å². The molecular weight excluding hydrogens is 362 g/mol. The van der Waals surface area contributed by atoms with E-state index in [0.717, 1.165) is 36.9 Å². The molecule has 144 valence electrons. The van der Waals surface area contributed by atoms with Crippen molar-refractivity contribution in [3.05, 3.63) is 35.7 Å². The van der Waals surface area contributed by atoms with Crippen molar-refractivity contribution < 1.29 is 9.59 Å². The molecule has 3 rings (SSSR count). The maximum absolute atomic E-state index is 12.3. The molecule has 0 saturated carbocycles. The highest BCUT2D eigenvalue weighted by molar-refractivity contribution is 7.98. The van der Waals surface area contributed by atoms with Crippen molar-refractivity contribution in [1.29, 1.82) is 0 Å². The summed E-state index contributed by atoms with van der Waals surface area (Å²) in [7, 11) is 2.01. The van der Waals surface area contributed by atoms with Gasteiger partial charge >= 0.3 is 0 Å². The highest BCUT2D eigenvalue weighted by Crippen LogP contribution is 2.28. The number of ketones is 1. The first-order valence-corrected chi connectivity index (χ1v) is 10.3. The first kappa shape index (κ1) is 19.6. The van der Waals surface area contributed by atoms with Crippen molar-refractivity contribution in [3.8, 4) is 0 Å². The second-order valence-corrected chi connectivity index (χ2v) is 7.61. The van der Waals surface area contributed by atoms with Gasteiger partial charge in [0.2, 0.25) is 5.91 Å². The Morgan fingerprint density at radius 1 is 1.19 bits per heavy atom. The van der Waals surface area contributed by atoms with Crippen LogP contribution >= 0.6 is 11.8 Å². The molecular formula is C19H25N5O2S. The van der Waals surface area contributed by atoms with Crippen LogP contribution in [0.4, 0.5) is 5.69 Å². The molecule has 2 aromatic rings. The van der Waals surface area contributed by atoms with Gasteiger partial charge in [0.1, 0.15) is 5.82 Å². The molecule has 1 amide bonds. The minimum Gasteiger partial charge on any atom is -0.325 e. The molecule has 0 bridgehead atoms. The number of piperidine rings is 1. The molecule has 1 aliphatic rings. The number of aromatic nitrogens is 3. The number of thioether (sulfide) groups is 1. The number of benzene rings is 1. The van der Waals surface area contributed by atoms with Gasteiger partial charge in [0, 0.05) is 24.2 Å². The largest absolute Gasteiger partial charge is 0.325 e. The minimum absolute atomic E-state index is 0.0170. The highest BCUT2D eigenvalue weighted by atomic mass is 32.2. The minimum atomic E-state index is -0.0349. The molecule has 2 heterocycles. The lowest BCUT2D eigenvalue weighted by molar-refractivity contribution is -0.117. The normalized spacial score (nSPS) is 15.7. The van der Waals surface area contributed by atoms with E-state index in [2.05, 4.69) is 25.0 Å². The molecule has 0 unspecified atom stereocenters. The first-order chi connectivity index (χ1) is 13.0. The molecule has 1 saturated heterocycles. The third-order valence-corrected chi connectivity index (χ3v) is 5.67. The Bertz CT molecular complexity index is 810. The van der Waals surface area contributed by atoms with Crippen LogP contribution in [-0.4, -0.2) is 57.2 Å². The summed E-state index contributed by atoms with van der Waals surface area (Å²) in [6, 6.07) is 6.98. The summed E-state index contributed by atoms with van der Waals surface area (Å²) in [5, 5.41) is 12.4.